The van der Waals surface area contributed by atoms with Gasteiger partial charge in [-0.2, -0.15) is 0 Å². The molecule has 0 aliphatic carbocycles. The minimum Gasteiger partial charge on any atom is -0.497 e. The van der Waals surface area contributed by atoms with Gasteiger partial charge in [0, 0.05) is 23.9 Å². The van der Waals surface area contributed by atoms with E-state index in [-0.39, 0.29) is 5.76 Å². The normalized spacial score (nSPS) is 9.91. The Morgan fingerprint density at radius 2 is 1.82 bits per heavy atom. The first kappa shape index (κ1) is 15.4. The summed E-state index contributed by atoms with van der Waals surface area (Å²) in [6, 6.07) is 7.92. The first-order valence-corrected chi connectivity index (χ1v) is 6.36. The number of anilines is 1. The van der Waals surface area contributed by atoms with Crippen molar-refractivity contribution in [3.05, 3.63) is 42.4 Å². The SMILES string of the molecule is COc1cc(NC(=O)COC(=O)c2ccco2)cc(OC)c1. The summed E-state index contributed by atoms with van der Waals surface area (Å²) in [7, 11) is 3.01. The third-order valence-electron chi connectivity index (χ3n) is 2.69. The van der Waals surface area contributed by atoms with Crippen LogP contribution in [0.1, 0.15) is 10.6 Å². The van der Waals surface area contributed by atoms with E-state index in [4.69, 9.17) is 18.6 Å². The molecule has 116 valence electrons. The highest BCUT2D eigenvalue weighted by atomic mass is 16.5. The molecule has 0 spiro atoms. The second-order valence-corrected chi connectivity index (χ2v) is 4.20. The lowest BCUT2D eigenvalue weighted by Crippen LogP contribution is -2.20. The molecule has 0 aliphatic heterocycles. The Labute approximate surface area is 126 Å². The fraction of sp³-hybridized carbons (Fsp3) is 0.200. The van der Waals surface area contributed by atoms with Crippen LogP contribution in [0.3, 0.4) is 0 Å². The molecule has 0 aliphatic rings. The quantitative estimate of drug-likeness (QED) is 0.822. The summed E-state index contributed by atoms with van der Waals surface area (Å²) in [5.41, 5.74) is 0.468. The Balaban J connectivity index is 1.93. The second kappa shape index (κ2) is 7.16. The van der Waals surface area contributed by atoms with Crippen LogP contribution >= 0.6 is 0 Å². The van der Waals surface area contributed by atoms with Gasteiger partial charge < -0.3 is 23.9 Å². The van der Waals surface area contributed by atoms with E-state index in [0.29, 0.717) is 17.2 Å². The van der Waals surface area contributed by atoms with Crippen molar-refractivity contribution in [2.45, 2.75) is 0 Å². The Morgan fingerprint density at radius 1 is 1.14 bits per heavy atom. The van der Waals surface area contributed by atoms with Gasteiger partial charge in [-0.05, 0) is 12.1 Å². The van der Waals surface area contributed by atoms with Crippen molar-refractivity contribution in [2.24, 2.45) is 0 Å². The summed E-state index contributed by atoms with van der Waals surface area (Å²) in [5.74, 6) is -0.0982. The molecule has 1 N–H and O–H groups in total. The maximum atomic E-state index is 11.8. The molecule has 0 saturated carbocycles. The minimum atomic E-state index is -0.705. The third-order valence-corrected chi connectivity index (χ3v) is 2.69. The number of benzene rings is 1. The van der Waals surface area contributed by atoms with Crippen molar-refractivity contribution < 1.29 is 28.2 Å². The van der Waals surface area contributed by atoms with Gasteiger partial charge in [0.25, 0.3) is 5.91 Å². The predicted molar refractivity (Wildman–Crippen MR) is 77.2 cm³/mol. The smallest absolute Gasteiger partial charge is 0.374 e. The third kappa shape index (κ3) is 4.02. The largest absolute Gasteiger partial charge is 0.497 e. The highest BCUT2D eigenvalue weighted by Gasteiger charge is 2.13. The van der Waals surface area contributed by atoms with Crippen molar-refractivity contribution in [1.29, 1.82) is 0 Å². The zero-order valence-electron chi connectivity index (χ0n) is 12.1. The van der Waals surface area contributed by atoms with Crippen LogP contribution in [0.25, 0.3) is 0 Å². The summed E-state index contributed by atoms with van der Waals surface area (Å²) in [6.45, 7) is -0.431. The minimum absolute atomic E-state index is 0.0378. The number of esters is 1. The molecule has 0 atom stereocenters. The molecule has 1 aromatic heterocycles. The molecule has 1 heterocycles. The lowest BCUT2D eigenvalue weighted by Gasteiger charge is -2.10. The fourth-order valence-corrected chi connectivity index (χ4v) is 1.67. The Morgan fingerprint density at radius 3 is 2.36 bits per heavy atom. The number of carbonyl (C=O) groups is 2. The van der Waals surface area contributed by atoms with E-state index >= 15 is 0 Å². The van der Waals surface area contributed by atoms with Crippen molar-refractivity contribution in [3.8, 4) is 11.5 Å². The monoisotopic (exact) mass is 305 g/mol. The highest BCUT2D eigenvalue weighted by Crippen LogP contribution is 2.25. The van der Waals surface area contributed by atoms with Gasteiger partial charge in [-0.1, -0.05) is 0 Å². The van der Waals surface area contributed by atoms with E-state index in [2.05, 4.69) is 5.32 Å². The van der Waals surface area contributed by atoms with Crippen molar-refractivity contribution in [3.63, 3.8) is 0 Å². The lowest BCUT2D eigenvalue weighted by molar-refractivity contribution is -0.119. The number of hydrogen-bond donors (Lipinski definition) is 1. The van der Waals surface area contributed by atoms with Gasteiger partial charge in [0.1, 0.15) is 11.5 Å². The maximum Gasteiger partial charge on any atom is 0.374 e. The Hall–Kier alpha value is -2.96. The molecular formula is C15H15NO6. The Kier molecular flexibility index (Phi) is 5.02. The summed E-state index contributed by atoms with van der Waals surface area (Å²) >= 11 is 0. The molecule has 1 aromatic carbocycles. The van der Waals surface area contributed by atoms with Crippen LogP contribution in [-0.4, -0.2) is 32.7 Å². The summed E-state index contributed by atoms with van der Waals surface area (Å²) in [4.78, 5) is 23.3. The van der Waals surface area contributed by atoms with E-state index in [9.17, 15) is 9.59 Å². The second-order valence-electron chi connectivity index (χ2n) is 4.20. The Bertz CT molecular complexity index is 628. The van der Waals surface area contributed by atoms with Crippen molar-refractivity contribution in [1.82, 2.24) is 0 Å². The predicted octanol–water partition coefficient (Wildman–Crippen LogP) is 2.09. The first-order valence-electron chi connectivity index (χ1n) is 6.36. The van der Waals surface area contributed by atoms with E-state index < -0.39 is 18.5 Å². The molecule has 0 bridgehead atoms. The first-order chi connectivity index (χ1) is 10.6. The van der Waals surface area contributed by atoms with Crippen LogP contribution in [0, 0.1) is 0 Å². The summed E-state index contributed by atoms with van der Waals surface area (Å²) in [6.07, 6.45) is 1.35. The number of furan rings is 1. The molecule has 7 heteroatoms. The van der Waals surface area contributed by atoms with Gasteiger partial charge in [-0.25, -0.2) is 4.79 Å². The van der Waals surface area contributed by atoms with E-state index in [0.717, 1.165) is 0 Å². The average molecular weight is 305 g/mol. The van der Waals surface area contributed by atoms with Crippen LogP contribution in [0.4, 0.5) is 5.69 Å². The van der Waals surface area contributed by atoms with Gasteiger partial charge in [0.2, 0.25) is 5.76 Å². The molecule has 0 saturated heterocycles. The fourth-order valence-electron chi connectivity index (χ4n) is 1.67. The molecule has 2 rings (SSSR count). The number of amides is 1. The van der Waals surface area contributed by atoms with Crippen LogP contribution in [0.15, 0.2) is 41.0 Å². The molecule has 0 fully saturated rings. The number of rotatable bonds is 6. The molecule has 22 heavy (non-hydrogen) atoms. The van der Waals surface area contributed by atoms with Crippen LogP contribution in [0.2, 0.25) is 0 Å². The van der Waals surface area contributed by atoms with Crippen LogP contribution in [0.5, 0.6) is 11.5 Å². The van der Waals surface area contributed by atoms with Crippen LogP contribution < -0.4 is 14.8 Å². The topological polar surface area (TPSA) is 87.0 Å². The number of methoxy groups -OCH3 is 2. The average Bonchev–Trinajstić information content (AvgIpc) is 3.06. The zero-order chi connectivity index (χ0) is 15.9. The maximum absolute atomic E-state index is 11.8. The molecule has 0 radical (unpaired) electrons. The number of nitrogens with one attached hydrogen (secondary N) is 1. The van der Waals surface area contributed by atoms with Gasteiger partial charge in [0.05, 0.1) is 20.5 Å². The number of carbonyl (C=O) groups excluding carboxylic acids is 2. The molecule has 7 nitrogen and oxygen atoms in total. The highest BCUT2D eigenvalue weighted by molar-refractivity contribution is 5.94. The van der Waals surface area contributed by atoms with Gasteiger partial charge >= 0.3 is 5.97 Å². The van der Waals surface area contributed by atoms with Gasteiger partial charge in [0.15, 0.2) is 6.61 Å². The number of ether oxygens (including phenoxy) is 3. The van der Waals surface area contributed by atoms with Crippen molar-refractivity contribution in [2.75, 3.05) is 26.1 Å². The van der Waals surface area contributed by atoms with Gasteiger partial charge in [-0.3, -0.25) is 4.79 Å². The van der Waals surface area contributed by atoms with E-state index in [1.54, 1.807) is 24.3 Å². The number of hydrogen-bond acceptors (Lipinski definition) is 6. The van der Waals surface area contributed by atoms with Crippen LogP contribution in [-0.2, 0) is 9.53 Å². The van der Waals surface area contributed by atoms with E-state index in [1.165, 1.54) is 26.5 Å². The molecule has 0 unspecified atom stereocenters. The zero-order valence-corrected chi connectivity index (χ0v) is 12.1. The molecule has 2 aromatic rings. The summed E-state index contributed by atoms with van der Waals surface area (Å²) in [5, 5.41) is 2.59. The van der Waals surface area contributed by atoms with Gasteiger partial charge in [-0.15, -0.1) is 0 Å². The molecule has 1 amide bonds. The summed E-state index contributed by atoms with van der Waals surface area (Å²) < 4.78 is 19.9. The molecular weight excluding hydrogens is 290 g/mol. The van der Waals surface area contributed by atoms with Crippen molar-refractivity contribution >= 4 is 17.6 Å². The standard InChI is InChI=1S/C15H15NO6/c1-19-11-6-10(7-12(8-11)20-2)16-14(17)9-22-15(18)13-4-3-5-21-13/h3-8H,9H2,1-2H3,(H,16,17). The lowest BCUT2D eigenvalue weighted by atomic mass is 10.2. The van der Waals surface area contributed by atoms with E-state index in [1.807, 2.05) is 0 Å².